The molecule has 0 unspecified atom stereocenters. The third-order valence-electron chi connectivity index (χ3n) is 4.38. The minimum absolute atomic E-state index is 0.157. The summed E-state index contributed by atoms with van der Waals surface area (Å²) in [4.78, 5) is 37.5. The van der Waals surface area contributed by atoms with Gasteiger partial charge in [-0.2, -0.15) is 0 Å². The number of nitrogens with one attached hydrogen (secondary N) is 1. The van der Waals surface area contributed by atoms with Gasteiger partial charge in [0.25, 0.3) is 5.91 Å². The predicted octanol–water partition coefficient (Wildman–Crippen LogP) is 5.28. The van der Waals surface area contributed by atoms with Crippen molar-refractivity contribution >= 4 is 23.5 Å². The number of unbranched alkanes of at least 4 members (excludes halogenated alkanes) is 1. The number of ether oxygens (including phenoxy) is 4. The zero-order valence-corrected chi connectivity index (χ0v) is 20.8. The summed E-state index contributed by atoms with van der Waals surface area (Å²) in [5.74, 6) is -1.48. The Morgan fingerprint density at radius 2 is 1.57 bits per heavy atom. The van der Waals surface area contributed by atoms with Gasteiger partial charge in [0.1, 0.15) is 5.75 Å². The lowest BCUT2D eigenvalue weighted by Crippen LogP contribution is -2.20. The summed E-state index contributed by atoms with van der Waals surface area (Å²) in [6.45, 7) is 9.43. The Hall–Kier alpha value is -3.81. The van der Waals surface area contributed by atoms with Crippen LogP contribution in [-0.2, 0) is 19.1 Å². The minimum Gasteiger partial charge on any atom is -0.494 e. The molecule has 0 aliphatic heterocycles. The first kappa shape index (κ1) is 27.4. The lowest BCUT2D eigenvalue weighted by Gasteiger charge is -2.15. The lowest BCUT2D eigenvalue weighted by molar-refractivity contribution is -0.147. The second kappa shape index (κ2) is 13.8. The Morgan fingerprint density at radius 3 is 2.20 bits per heavy atom. The molecule has 0 aliphatic carbocycles. The highest BCUT2D eigenvalue weighted by Gasteiger charge is 2.20. The van der Waals surface area contributed by atoms with E-state index >= 15 is 0 Å². The van der Waals surface area contributed by atoms with E-state index in [1.807, 2.05) is 0 Å². The molecular weight excluding hydrogens is 450 g/mol. The van der Waals surface area contributed by atoms with Gasteiger partial charge >= 0.3 is 11.9 Å². The molecule has 0 aliphatic rings. The van der Waals surface area contributed by atoms with Crippen LogP contribution in [0.4, 0.5) is 5.69 Å². The Balaban J connectivity index is 2.20. The number of hydrogen-bond acceptors (Lipinski definition) is 7. The van der Waals surface area contributed by atoms with Gasteiger partial charge in [-0.15, -0.1) is 0 Å². The normalized spacial score (nSPS) is 11.2. The molecular formula is C27H33NO7. The summed E-state index contributed by atoms with van der Waals surface area (Å²) in [6, 6.07) is 13.3. The molecule has 8 nitrogen and oxygen atoms in total. The second-order valence-corrected chi connectivity index (χ2v) is 8.23. The van der Waals surface area contributed by atoms with Crippen molar-refractivity contribution in [3.8, 4) is 11.5 Å². The Bertz CT molecular complexity index is 1030. The molecule has 0 spiro atoms. The molecule has 0 saturated heterocycles. The number of para-hydroxylation sites is 2. The highest BCUT2D eigenvalue weighted by atomic mass is 16.6. The third-order valence-corrected chi connectivity index (χ3v) is 4.38. The lowest BCUT2D eigenvalue weighted by atomic mass is 10.2. The van der Waals surface area contributed by atoms with Crippen LogP contribution < -0.4 is 14.8 Å². The quantitative estimate of drug-likeness (QED) is 0.190. The van der Waals surface area contributed by atoms with Crippen molar-refractivity contribution in [2.24, 2.45) is 0 Å². The van der Waals surface area contributed by atoms with E-state index in [1.54, 1.807) is 76.2 Å². The van der Waals surface area contributed by atoms with E-state index < -0.39 is 18.0 Å². The summed E-state index contributed by atoms with van der Waals surface area (Å²) in [7, 11) is 0. The number of anilines is 1. The number of rotatable bonds is 12. The van der Waals surface area contributed by atoms with Crippen molar-refractivity contribution in [1.82, 2.24) is 0 Å². The average Bonchev–Trinajstić information content (AvgIpc) is 2.79. The molecule has 35 heavy (non-hydrogen) atoms. The van der Waals surface area contributed by atoms with Crippen LogP contribution in [0.15, 0.2) is 60.4 Å². The van der Waals surface area contributed by atoms with Crippen LogP contribution in [0.5, 0.6) is 11.5 Å². The van der Waals surface area contributed by atoms with Gasteiger partial charge in [-0.3, -0.25) is 4.79 Å². The molecule has 1 N–H and O–H groups in total. The van der Waals surface area contributed by atoms with Crippen LogP contribution in [0.25, 0.3) is 0 Å². The van der Waals surface area contributed by atoms with Crippen molar-refractivity contribution in [2.45, 2.75) is 59.7 Å². The SMILES string of the molecule is CCCCOc1ccc(C(=O)Nc2ccccc2O/C(=C\C(=O)OC(C)C)C(=O)OC(C)C)cc1. The highest BCUT2D eigenvalue weighted by Crippen LogP contribution is 2.27. The zero-order valence-electron chi connectivity index (χ0n) is 20.8. The molecule has 0 bridgehead atoms. The largest absolute Gasteiger partial charge is 0.494 e. The molecule has 0 fully saturated rings. The van der Waals surface area contributed by atoms with E-state index in [4.69, 9.17) is 18.9 Å². The van der Waals surface area contributed by atoms with Gasteiger partial charge < -0.3 is 24.3 Å². The molecule has 0 aromatic heterocycles. The van der Waals surface area contributed by atoms with Gasteiger partial charge in [-0.25, -0.2) is 9.59 Å². The first-order chi connectivity index (χ1) is 16.7. The molecule has 2 rings (SSSR count). The van der Waals surface area contributed by atoms with Gasteiger partial charge in [0.2, 0.25) is 5.76 Å². The predicted molar refractivity (Wildman–Crippen MR) is 132 cm³/mol. The second-order valence-electron chi connectivity index (χ2n) is 8.23. The number of benzene rings is 2. The topological polar surface area (TPSA) is 100 Å². The number of carbonyl (C=O) groups excluding carboxylic acids is 3. The standard InChI is InChI=1S/C27H33NO7/c1-6-7-16-32-21-14-12-20(13-15-21)26(30)28-22-10-8-9-11-23(22)35-24(27(31)34-19(4)5)17-25(29)33-18(2)3/h8-15,17-19H,6-7,16H2,1-5H3,(H,28,30)/b24-17-. The van der Waals surface area contributed by atoms with E-state index in [0.717, 1.165) is 18.9 Å². The fourth-order valence-electron chi connectivity index (χ4n) is 2.78. The maximum absolute atomic E-state index is 12.8. The fourth-order valence-corrected chi connectivity index (χ4v) is 2.78. The summed E-state index contributed by atoms with van der Waals surface area (Å²) in [6.07, 6.45) is 2.11. The minimum atomic E-state index is -0.833. The first-order valence-corrected chi connectivity index (χ1v) is 11.6. The third kappa shape index (κ3) is 9.52. The smallest absolute Gasteiger partial charge is 0.374 e. The molecule has 0 saturated carbocycles. The highest BCUT2D eigenvalue weighted by molar-refractivity contribution is 6.05. The van der Waals surface area contributed by atoms with Gasteiger partial charge in [0.15, 0.2) is 5.75 Å². The van der Waals surface area contributed by atoms with Crippen LogP contribution in [0, 0.1) is 0 Å². The van der Waals surface area contributed by atoms with E-state index in [1.165, 1.54) is 0 Å². The maximum Gasteiger partial charge on any atom is 0.374 e. The van der Waals surface area contributed by atoms with Crippen molar-refractivity contribution in [1.29, 1.82) is 0 Å². The van der Waals surface area contributed by atoms with Gasteiger partial charge in [-0.05, 0) is 70.5 Å². The number of hydrogen-bond donors (Lipinski definition) is 1. The summed E-state index contributed by atoms with van der Waals surface area (Å²) in [5, 5.41) is 2.77. The van der Waals surface area contributed by atoms with E-state index in [-0.39, 0.29) is 23.5 Å². The van der Waals surface area contributed by atoms with Crippen LogP contribution >= 0.6 is 0 Å². The Kier molecular flexibility index (Phi) is 10.8. The molecule has 8 heteroatoms. The molecule has 188 valence electrons. The molecule has 0 heterocycles. The number of carbonyl (C=O) groups is 3. The van der Waals surface area contributed by atoms with Crippen LogP contribution in [0.2, 0.25) is 0 Å². The molecule has 0 radical (unpaired) electrons. The van der Waals surface area contributed by atoms with E-state index in [9.17, 15) is 14.4 Å². The molecule has 1 amide bonds. The number of esters is 2. The summed E-state index contributed by atoms with van der Waals surface area (Å²) < 4.78 is 21.6. The average molecular weight is 484 g/mol. The van der Waals surface area contributed by atoms with Crippen molar-refractivity contribution in [2.75, 3.05) is 11.9 Å². The van der Waals surface area contributed by atoms with E-state index in [2.05, 4.69) is 12.2 Å². The van der Waals surface area contributed by atoms with Crippen LogP contribution in [-0.4, -0.2) is 36.7 Å². The molecule has 0 atom stereocenters. The summed E-state index contributed by atoms with van der Waals surface area (Å²) in [5.41, 5.74) is 0.722. The van der Waals surface area contributed by atoms with Gasteiger partial charge in [0, 0.05) is 5.56 Å². The Labute approximate surface area is 206 Å². The first-order valence-electron chi connectivity index (χ1n) is 11.6. The molecule has 2 aromatic carbocycles. The maximum atomic E-state index is 12.8. The zero-order chi connectivity index (χ0) is 25.8. The molecule has 2 aromatic rings. The van der Waals surface area contributed by atoms with Gasteiger partial charge in [0.05, 0.1) is 30.6 Å². The number of amides is 1. The van der Waals surface area contributed by atoms with E-state index in [0.29, 0.717) is 23.6 Å². The van der Waals surface area contributed by atoms with Crippen molar-refractivity contribution in [3.63, 3.8) is 0 Å². The fraction of sp³-hybridized carbons (Fsp3) is 0.370. The monoisotopic (exact) mass is 483 g/mol. The van der Waals surface area contributed by atoms with Crippen molar-refractivity contribution < 1.29 is 33.3 Å². The van der Waals surface area contributed by atoms with Crippen molar-refractivity contribution in [3.05, 3.63) is 65.9 Å². The van der Waals surface area contributed by atoms with Crippen LogP contribution in [0.3, 0.4) is 0 Å². The Morgan fingerprint density at radius 1 is 0.914 bits per heavy atom. The van der Waals surface area contributed by atoms with Crippen LogP contribution in [0.1, 0.15) is 57.8 Å². The van der Waals surface area contributed by atoms with Gasteiger partial charge in [-0.1, -0.05) is 25.5 Å². The summed E-state index contributed by atoms with van der Waals surface area (Å²) >= 11 is 0.